The Morgan fingerprint density at radius 3 is 1.58 bits per heavy atom. The van der Waals surface area contributed by atoms with Crippen molar-refractivity contribution in [3.05, 3.63) is 180 Å². The summed E-state index contributed by atoms with van der Waals surface area (Å²) in [7, 11) is 0. The lowest BCUT2D eigenvalue weighted by atomic mass is 9.67. The van der Waals surface area contributed by atoms with Crippen LogP contribution in [0.3, 0.4) is 0 Å². The maximum atomic E-state index is 6.63. The summed E-state index contributed by atoms with van der Waals surface area (Å²) in [4.78, 5) is 0. The lowest BCUT2D eigenvalue weighted by Gasteiger charge is -2.33. The van der Waals surface area contributed by atoms with Gasteiger partial charge in [0.15, 0.2) is 0 Å². The quantitative estimate of drug-likeness (QED) is 0.210. The summed E-state index contributed by atoms with van der Waals surface area (Å²) in [6, 6.07) is 56.6. The second-order valence-corrected chi connectivity index (χ2v) is 12.0. The summed E-state index contributed by atoms with van der Waals surface area (Å²) >= 11 is 0. The zero-order valence-electron chi connectivity index (χ0n) is 24.3. The molecule has 0 radical (unpaired) electrons. The van der Waals surface area contributed by atoms with Crippen molar-refractivity contribution in [1.29, 1.82) is 0 Å². The highest BCUT2D eigenvalue weighted by atomic mass is 16.3. The van der Waals surface area contributed by atoms with Gasteiger partial charge in [-0.15, -0.1) is 0 Å². The summed E-state index contributed by atoms with van der Waals surface area (Å²) in [5.74, 6) is 0. The number of benzene rings is 7. The lowest BCUT2D eigenvalue weighted by Crippen LogP contribution is -2.28. The first-order valence-electron chi connectivity index (χ1n) is 15.4. The van der Waals surface area contributed by atoms with E-state index < -0.39 is 5.41 Å². The number of furan rings is 2. The third kappa shape index (κ3) is 3.34. The maximum Gasteiger partial charge on any atom is 0.135 e. The van der Waals surface area contributed by atoms with Gasteiger partial charge in [0.1, 0.15) is 22.3 Å². The second-order valence-electron chi connectivity index (χ2n) is 12.0. The molecule has 9 aromatic rings. The SMILES string of the molecule is c1ccc(C2(c3ccccc3)c3ccccc3-c3cc4c(cc32)oc2ccc(-c3ccc5oc6ccccc6c5c3)cc24)cc1. The summed E-state index contributed by atoms with van der Waals surface area (Å²) in [6.45, 7) is 0. The predicted molar refractivity (Wildman–Crippen MR) is 184 cm³/mol. The number of rotatable bonds is 3. The summed E-state index contributed by atoms with van der Waals surface area (Å²) in [5, 5.41) is 4.52. The summed E-state index contributed by atoms with van der Waals surface area (Å²) in [5.41, 5.74) is 13.1. The zero-order valence-corrected chi connectivity index (χ0v) is 24.3. The van der Waals surface area contributed by atoms with Gasteiger partial charge in [0.05, 0.1) is 5.41 Å². The fourth-order valence-electron chi connectivity index (χ4n) is 7.80. The smallest absolute Gasteiger partial charge is 0.135 e. The Balaban J connectivity index is 1.22. The average Bonchev–Trinajstić information content (AvgIpc) is 3.75. The minimum Gasteiger partial charge on any atom is -0.456 e. The van der Waals surface area contributed by atoms with E-state index in [-0.39, 0.29) is 0 Å². The molecule has 1 aliphatic carbocycles. The molecule has 210 valence electrons. The van der Waals surface area contributed by atoms with Crippen molar-refractivity contribution in [2.24, 2.45) is 0 Å². The molecule has 10 rings (SSSR count). The van der Waals surface area contributed by atoms with Crippen LogP contribution in [0.1, 0.15) is 22.3 Å². The predicted octanol–water partition coefficient (Wildman–Crippen LogP) is 11.5. The van der Waals surface area contributed by atoms with Crippen LogP contribution in [0.2, 0.25) is 0 Å². The van der Waals surface area contributed by atoms with E-state index in [0.717, 1.165) is 55.0 Å². The Labute approximate surface area is 259 Å². The van der Waals surface area contributed by atoms with Crippen LogP contribution >= 0.6 is 0 Å². The molecule has 7 aromatic carbocycles. The van der Waals surface area contributed by atoms with Crippen molar-refractivity contribution in [2.75, 3.05) is 0 Å². The van der Waals surface area contributed by atoms with E-state index in [1.807, 2.05) is 12.1 Å². The second kappa shape index (κ2) is 9.07. The van der Waals surface area contributed by atoms with Gasteiger partial charge in [-0.3, -0.25) is 0 Å². The van der Waals surface area contributed by atoms with E-state index in [0.29, 0.717) is 0 Å². The molecule has 0 fully saturated rings. The fraction of sp³-hybridized carbons (Fsp3) is 0.0233. The van der Waals surface area contributed by atoms with Crippen molar-refractivity contribution < 1.29 is 8.83 Å². The number of fused-ring (bicyclic) bond motifs is 9. The van der Waals surface area contributed by atoms with Crippen LogP contribution in [0.25, 0.3) is 66.1 Å². The van der Waals surface area contributed by atoms with Crippen molar-refractivity contribution in [1.82, 2.24) is 0 Å². The third-order valence-electron chi connectivity index (χ3n) is 9.76. The lowest BCUT2D eigenvalue weighted by molar-refractivity contribution is 0.666. The van der Waals surface area contributed by atoms with Crippen LogP contribution in [0.15, 0.2) is 167 Å². The maximum absolute atomic E-state index is 6.63. The molecule has 2 heteroatoms. The van der Waals surface area contributed by atoms with Gasteiger partial charge in [0, 0.05) is 21.5 Å². The minimum atomic E-state index is -0.449. The molecule has 0 amide bonds. The highest BCUT2D eigenvalue weighted by Gasteiger charge is 2.46. The fourth-order valence-corrected chi connectivity index (χ4v) is 7.80. The molecular weight excluding hydrogens is 548 g/mol. The molecule has 0 unspecified atom stereocenters. The first-order chi connectivity index (χ1) is 22.3. The molecule has 1 aliphatic rings. The van der Waals surface area contributed by atoms with Gasteiger partial charge in [-0.25, -0.2) is 0 Å². The Morgan fingerprint density at radius 2 is 0.867 bits per heavy atom. The number of hydrogen-bond donors (Lipinski definition) is 0. The first-order valence-corrected chi connectivity index (χ1v) is 15.4. The highest BCUT2D eigenvalue weighted by molar-refractivity contribution is 6.10. The number of hydrogen-bond acceptors (Lipinski definition) is 2. The largest absolute Gasteiger partial charge is 0.456 e. The van der Waals surface area contributed by atoms with Crippen LogP contribution in [-0.2, 0) is 5.41 Å². The molecule has 2 aromatic heterocycles. The van der Waals surface area contributed by atoms with Gasteiger partial charge >= 0.3 is 0 Å². The van der Waals surface area contributed by atoms with Gasteiger partial charge < -0.3 is 8.83 Å². The molecule has 2 heterocycles. The Hall–Kier alpha value is -5.86. The molecule has 0 spiro atoms. The van der Waals surface area contributed by atoms with Crippen LogP contribution < -0.4 is 0 Å². The van der Waals surface area contributed by atoms with E-state index in [9.17, 15) is 0 Å². The molecule has 2 nitrogen and oxygen atoms in total. The van der Waals surface area contributed by atoms with Crippen molar-refractivity contribution in [3.63, 3.8) is 0 Å². The van der Waals surface area contributed by atoms with Crippen LogP contribution in [0.4, 0.5) is 0 Å². The monoisotopic (exact) mass is 574 g/mol. The third-order valence-corrected chi connectivity index (χ3v) is 9.76. The Morgan fingerprint density at radius 1 is 0.333 bits per heavy atom. The molecule has 0 bridgehead atoms. The summed E-state index contributed by atoms with van der Waals surface area (Å²) in [6.07, 6.45) is 0. The van der Waals surface area contributed by atoms with Gasteiger partial charge in [-0.05, 0) is 87.0 Å². The summed E-state index contributed by atoms with van der Waals surface area (Å²) < 4.78 is 12.7. The molecule has 0 saturated heterocycles. The normalized spacial score (nSPS) is 13.5. The van der Waals surface area contributed by atoms with E-state index in [1.165, 1.54) is 33.4 Å². The highest BCUT2D eigenvalue weighted by Crippen LogP contribution is 2.57. The minimum absolute atomic E-state index is 0.449. The number of para-hydroxylation sites is 1. The zero-order chi connectivity index (χ0) is 29.5. The van der Waals surface area contributed by atoms with Gasteiger partial charge in [0.2, 0.25) is 0 Å². The molecular formula is C43H26O2. The average molecular weight is 575 g/mol. The van der Waals surface area contributed by atoms with Gasteiger partial charge in [-0.2, -0.15) is 0 Å². The molecule has 0 N–H and O–H groups in total. The molecule has 0 aliphatic heterocycles. The molecule has 45 heavy (non-hydrogen) atoms. The van der Waals surface area contributed by atoms with Gasteiger partial charge in [-0.1, -0.05) is 115 Å². The molecule has 0 atom stereocenters. The van der Waals surface area contributed by atoms with Gasteiger partial charge in [0.25, 0.3) is 0 Å². The standard InChI is InChI=1S/C43H26O2/c1-3-11-29(12-4-1)43(30-13-5-2-6-14-30)37-17-9-7-15-31(37)33-25-36-35-24-28(20-22-41(35)45-42(36)26-38(33)43)27-19-21-40-34(23-27)32-16-8-10-18-39(32)44-40/h1-26H. The van der Waals surface area contributed by atoms with E-state index in [1.54, 1.807) is 0 Å². The van der Waals surface area contributed by atoms with Crippen LogP contribution in [0.5, 0.6) is 0 Å². The van der Waals surface area contributed by atoms with Crippen molar-refractivity contribution in [3.8, 4) is 22.3 Å². The van der Waals surface area contributed by atoms with E-state index in [4.69, 9.17) is 8.83 Å². The van der Waals surface area contributed by atoms with Crippen LogP contribution in [-0.4, -0.2) is 0 Å². The molecule has 0 saturated carbocycles. The Bertz CT molecular complexity index is 2550. The van der Waals surface area contributed by atoms with Crippen molar-refractivity contribution >= 4 is 43.9 Å². The Kier molecular flexibility index (Phi) is 4.95. The first kappa shape index (κ1) is 24.6. The van der Waals surface area contributed by atoms with E-state index in [2.05, 4.69) is 146 Å². The van der Waals surface area contributed by atoms with Crippen molar-refractivity contribution in [2.45, 2.75) is 5.41 Å². The van der Waals surface area contributed by atoms with E-state index >= 15 is 0 Å². The topological polar surface area (TPSA) is 26.3 Å². The van der Waals surface area contributed by atoms with Crippen LogP contribution in [0, 0.1) is 0 Å².